The maximum absolute atomic E-state index is 3.64. The molecule has 0 radical (unpaired) electrons. The van der Waals surface area contributed by atoms with Crippen LogP contribution < -0.4 is 0 Å². The van der Waals surface area contributed by atoms with Crippen molar-refractivity contribution in [1.82, 2.24) is 9.80 Å². The van der Waals surface area contributed by atoms with E-state index < -0.39 is 0 Å². The van der Waals surface area contributed by atoms with E-state index in [0.29, 0.717) is 6.04 Å². The second kappa shape index (κ2) is 9.43. The lowest BCUT2D eigenvalue weighted by Crippen LogP contribution is -2.42. The second-order valence-electron chi connectivity index (χ2n) is 5.01. The van der Waals surface area contributed by atoms with Gasteiger partial charge in [-0.05, 0) is 39.9 Å². The van der Waals surface area contributed by atoms with Gasteiger partial charge in [-0.15, -0.1) is 0 Å². The number of rotatable bonds is 9. The predicted octanol–water partition coefficient (Wildman–Crippen LogP) is 3.07. The molecule has 0 aliphatic rings. The van der Waals surface area contributed by atoms with Gasteiger partial charge in [-0.25, -0.2) is 0 Å². The van der Waals surface area contributed by atoms with Crippen LogP contribution in [0.2, 0.25) is 0 Å². The summed E-state index contributed by atoms with van der Waals surface area (Å²) in [6.45, 7) is 10.4. The summed E-state index contributed by atoms with van der Waals surface area (Å²) in [7, 11) is 4.30. The second-order valence-corrected chi connectivity index (χ2v) is 5.66. The Kier molecular flexibility index (Phi) is 9.67. The number of hydrogen-bond acceptors (Lipinski definition) is 2. The van der Waals surface area contributed by atoms with Crippen molar-refractivity contribution in [3.05, 3.63) is 0 Å². The lowest BCUT2D eigenvalue weighted by Gasteiger charge is -2.32. The minimum Gasteiger partial charge on any atom is -0.308 e. The van der Waals surface area contributed by atoms with Crippen molar-refractivity contribution in [2.24, 2.45) is 5.92 Å². The summed E-state index contributed by atoms with van der Waals surface area (Å²) in [5.74, 6) is 0.801. The number of alkyl halides is 1. The van der Waals surface area contributed by atoms with Gasteiger partial charge >= 0.3 is 0 Å². The Labute approximate surface area is 111 Å². The van der Waals surface area contributed by atoms with Crippen molar-refractivity contribution >= 4 is 15.9 Å². The van der Waals surface area contributed by atoms with E-state index in [9.17, 15) is 0 Å². The van der Waals surface area contributed by atoms with E-state index in [1.165, 1.54) is 19.4 Å². The Hall–Kier alpha value is 0.400. The van der Waals surface area contributed by atoms with Crippen LogP contribution in [-0.2, 0) is 0 Å². The van der Waals surface area contributed by atoms with Crippen molar-refractivity contribution < 1.29 is 0 Å². The minimum absolute atomic E-state index is 0.651. The fraction of sp³-hybridized carbons (Fsp3) is 1.00. The number of nitrogens with zero attached hydrogens (tertiary/aromatic N) is 2. The molecular formula is C13H29BrN2. The molecule has 0 aromatic rings. The van der Waals surface area contributed by atoms with Gasteiger partial charge in [-0.1, -0.05) is 36.2 Å². The number of hydrogen-bond donors (Lipinski definition) is 0. The highest BCUT2D eigenvalue weighted by molar-refractivity contribution is 9.09. The van der Waals surface area contributed by atoms with Crippen LogP contribution in [-0.4, -0.2) is 54.9 Å². The van der Waals surface area contributed by atoms with E-state index >= 15 is 0 Å². The van der Waals surface area contributed by atoms with Crippen LogP contribution >= 0.6 is 15.9 Å². The molecule has 0 amide bonds. The van der Waals surface area contributed by atoms with Crippen LogP contribution in [0.1, 0.15) is 33.6 Å². The van der Waals surface area contributed by atoms with E-state index in [-0.39, 0.29) is 0 Å². The van der Waals surface area contributed by atoms with Gasteiger partial charge in [-0.2, -0.15) is 0 Å². The standard InChI is InChI=1S/C13H29BrN2/c1-6-8-13(9-14)11-16(7-2)12(3)10-15(4)5/h12-13H,6-11H2,1-5H3. The van der Waals surface area contributed by atoms with E-state index in [1.807, 2.05) is 0 Å². The number of halogens is 1. The maximum atomic E-state index is 3.64. The quantitative estimate of drug-likeness (QED) is 0.603. The molecular weight excluding hydrogens is 264 g/mol. The summed E-state index contributed by atoms with van der Waals surface area (Å²) in [6, 6.07) is 0.651. The summed E-state index contributed by atoms with van der Waals surface area (Å²) in [5.41, 5.74) is 0. The van der Waals surface area contributed by atoms with Gasteiger partial charge in [0.15, 0.2) is 0 Å². The van der Waals surface area contributed by atoms with Gasteiger partial charge in [0.1, 0.15) is 0 Å². The first-order valence-electron chi connectivity index (χ1n) is 6.49. The molecule has 16 heavy (non-hydrogen) atoms. The van der Waals surface area contributed by atoms with Crippen LogP contribution in [0.15, 0.2) is 0 Å². The number of likely N-dealkylation sites (N-methyl/N-ethyl adjacent to an activating group) is 2. The molecule has 0 N–H and O–H groups in total. The first-order valence-corrected chi connectivity index (χ1v) is 7.61. The van der Waals surface area contributed by atoms with E-state index in [4.69, 9.17) is 0 Å². The zero-order valence-corrected chi connectivity index (χ0v) is 13.3. The lowest BCUT2D eigenvalue weighted by molar-refractivity contribution is 0.159. The Morgan fingerprint density at radius 1 is 1.12 bits per heavy atom. The third-order valence-corrected chi connectivity index (χ3v) is 3.98. The molecule has 0 heterocycles. The molecule has 2 atom stereocenters. The molecule has 0 fully saturated rings. The van der Waals surface area contributed by atoms with Crippen LogP contribution in [0.25, 0.3) is 0 Å². The largest absolute Gasteiger partial charge is 0.308 e. The van der Waals surface area contributed by atoms with Crippen LogP contribution in [0, 0.1) is 5.92 Å². The molecule has 0 rings (SSSR count). The van der Waals surface area contributed by atoms with Gasteiger partial charge in [-0.3, -0.25) is 4.90 Å². The highest BCUT2D eigenvalue weighted by Crippen LogP contribution is 2.13. The highest BCUT2D eigenvalue weighted by atomic mass is 79.9. The molecule has 0 bridgehead atoms. The molecule has 0 aliphatic carbocycles. The van der Waals surface area contributed by atoms with Gasteiger partial charge in [0.25, 0.3) is 0 Å². The first-order chi connectivity index (χ1) is 7.54. The van der Waals surface area contributed by atoms with Gasteiger partial charge in [0.2, 0.25) is 0 Å². The fourth-order valence-electron chi connectivity index (χ4n) is 2.22. The molecule has 2 unspecified atom stereocenters. The summed E-state index contributed by atoms with van der Waals surface area (Å²) in [5, 5.41) is 1.13. The Balaban J connectivity index is 4.14. The summed E-state index contributed by atoms with van der Waals surface area (Å²) >= 11 is 3.64. The van der Waals surface area contributed by atoms with Gasteiger partial charge < -0.3 is 4.90 Å². The molecule has 2 nitrogen and oxygen atoms in total. The topological polar surface area (TPSA) is 6.48 Å². The molecule has 98 valence electrons. The molecule has 0 spiro atoms. The van der Waals surface area contributed by atoms with Crippen molar-refractivity contribution in [2.45, 2.75) is 39.7 Å². The Morgan fingerprint density at radius 3 is 2.12 bits per heavy atom. The van der Waals surface area contributed by atoms with E-state index in [0.717, 1.165) is 24.3 Å². The van der Waals surface area contributed by atoms with Crippen LogP contribution in [0.3, 0.4) is 0 Å². The lowest BCUT2D eigenvalue weighted by atomic mass is 10.0. The SMILES string of the molecule is CCCC(CBr)CN(CC)C(C)CN(C)C. The van der Waals surface area contributed by atoms with Crippen molar-refractivity contribution in [3.8, 4) is 0 Å². The monoisotopic (exact) mass is 292 g/mol. The normalized spacial score (nSPS) is 15.8. The first kappa shape index (κ1) is 16.4. The molecule has 3 heteroatoms. The minimum atomic E-state index is 0.651. The third kappa shape index (κ3) is 6.87. The highest BCUT2D eigenvalue weighted by Gasteiger charge is 2.17. The van der Waals surface area contributed by atoms with Crippen LogP contribution in [0.4, 0.5) is 0 Å². The Morgan fingerprint density at radius 2 is 1.75 bits per heavy atom. The Bertz CT molecular complexity index is 162. The predicted molar refractivity (Wildman–Crippen MR) is 77.5 cm³/mol. The molecule has 0 aliphatic heterocycles. The molecule has 0 saturated carbocycles. The maximum Gasteiger partial charge on any atom is 0.0194 e. The zero-order valence-electron chi connectivity index (χ0n) is 11.7. The van der Waals surface area contributed by atoms with Crippen molar-refractivity contribution in [3.63, 3.8) is 0 Å². The van der Waals surface area contributed by atoms with Gasteiger partial charge in [0, 0.05) is 24.5 Å². The molecule has 0 saturated heterocycles. The summed E-state index contributed by atoms with van der Waals surface area (Å²) < 4.78 is 0. The third-order valence-electron chi connectivity index (χ3n) is 3.07. The van der Waals surface area contributed by atoms with Crippen LogP contribution in [0.5, 0.6) is 0 Å². The molecule has 0 aromatic carbocycles. The average Bonchev–Trinajstić information content (AvgIpc) is 2.22. The fourth-order valence-corrected chi connectivity index (χ4v) is 2.75. The van der Waals surface area contributed by atoms with Gasteiger partial charge in [0.05, 0.1) is 0 Å². The van der Waals surface area contributed by atoms with Crippen molar-refractivity contribution in [1.29, 1.82) is 0 Å². The smallest absolute Gasteiger partial charge is 0.0194 e. The van der Waals surface area contributed by atoms with E-state index in [1.54, 1.807) is 0 Å². The van der Waals surface area contributed by atoms with Crippen molar-refractivity contribution in [2.75, 3.05) is 39.1 Å². The average molecular weight is 293 g/mol. The summed E-state index contributed by atoms with van der Waals surface area (Å²) in [4.78, 5) is 4.87. The molecule has 0 aromatic heterocycles. The zero-order chi connectivity index (χ0) is 12.6. The summed E-state index contributed by atoms with van der Waals surface area (Å²) in [6.07, 6.45) is 2.62. The van der Waals surface area contributed by atoms with E-state index in [2.05, 4.69) is 60.6 Å².